The summed E-state index contributed by atoms with van der Waals surface area (Å²) in [5, 5.41) is 23.1. The zero-order valence-electron chi connectivity index (χ0n) is 10.7. The lowest BCUT2D eigenvalue weighted by molar-refractivity contribution is -0.380. The lowest BCUT2D eigenvalue weighted by Gasteiger charge is -2.27. The number of carboxylic acids is 1. The van der Waals surface area contributed by atoms with Gasteiger partial charge in [-0.2, -0.15) is 0 Å². The molecule has 0 aromatic carbocycles. The molecule has 1 rings (SSSR count). The number of carboxylic acid groups (broad SMARTS) is 1. The molecule has 1 heterocycles. The van der Waals surface area contributed by atoms with Crippen LogP contribution in [0.5, 0.6) is 0 Å². The fraction of sp³-hybridized carbons (Fsp3) is 0.455. The summed E-state index contributed by atoms with van der Waals surface area (Å²) < 4.78 is 0. The minimum Gasteiger partial charge on any atom is -0.480 e. The SMILES string of the molecule is CC(C)(C)[C@H](NC(=O)c1csc([N+](=O)[O-])c1)C(=O)O. The molecule has 8 heteroatoms. The van der Waals surface area contributed by atoms with E-state index in [0.717, 1.165) is 17.4 Å². The summed E-state index contributed by atoms with van der Waals surface area (Å²) in [5.41, 5.74) is -0.573. The van der Waals surface area contributed by atoms with E-state index in [2.05, 4.69) is 5.32 Å². The zero-order valence-corrected chi connectivity index (χ0v) is 11.5. The Morgan fingerprint density at radius 3 is 2.42 bits per heavy atom. The average molecular weight is 286 g/mol. The standard InChI is InChI=1S/C11H14N2O5S/c1-11(2,3)8(10(15)16)12-9(14)6-4-7(13(17)18)19-5-6/h4-5,8H,1-3H3,(H,12,14)(H,15,16)/t8-/m1/s1. The first-order valence-corrected chi connectivity index (χ1v) is 6.27. The molecule has 0 aliphatic rings. The molecule has 0 unspecified atom stereocenters. The van der Waals surface area contributed by atoms with Gasteiger partial charge in [0, 0.05) is 11.4 Å². The number of carbonyl (C=O) groups excluding carboxylic acids is 1. The van der Waals surface area contributed by atoms with Crippen LogP contribution in [0.15, 0.2) is 11.4 Å². The van der Waals surface area contributed by atoms with E-state index in [-0.39, 0.29) is 10.6 Å². The number of carbonyl (C=O) groups is 2. The van der Waals surface area contributed by atoms with E-state index in [1.165, 1.54) is 5.38 Å². The summed E-state index contributed by atoms with van der Waals surface area (Å²) in [5.74, 6) is -1.78. The van der Waals surface area contributed by atoms with Crippen LogP contribution < -0.4 is 5.32 Å². The first-order chi connectivity index (χ1) is 8.62. The molecular weight excluding hydrogens is 272 g/mol. The summed E-state index contributed by atoms with van der Waals surface area (Å²) in [6, 6.07) is 0.0561. The first kappa shape index (κ1) is 15.1. The molecule has 1 atom stereocenters. The summed E-state index contributed by atoms with van der Waals surface area (Å²) >= 11 is 0.822. The van der Waals surface area contributed by atoms with E-state index >= 15 is 0 Å². The minimum absolute atomic E-state index is 0.0900. The lowest BCUT2D eigenvalue weighted by Crippen LogP contribution is -2.49. The summed E-state index contributed by atoms with van der Waals surface area (Å²) in [4.78, 5) is 32.9. The highest BCUT2D eigenvalue weighted by molar-refractivity contribution is 7.13. The van der Waals surface area contributed by atoms with Crippen LogP contribution >= 0.6 is 11.3 Å². The Hall–Kier alpha value is -1.96. The molecule has 7 nitrogen and oxygen atoms in total. The molecule has 1 aromatic heterocycles. The highest BCUT2D eigenvalue weighted by Crippen LogP contribution is 2.24. The van der Waals surface area contributed by atoms with Crippen LogP contribution in [-0.4, -0.2) is 27.9 Å². The highest BCUT2D eigenvalue weighted by Gasteiger charge is 2.33. The number of nitrogens with zero attached hydrogens (tertiary/aromatic N) is 1. The average Bonchev–Trinajstić information content (AvgIpc) is 2.72. The minimum atomic E-state index is -1.15. The second-order valence-electron chi connectivity index (χ2n) is 5.04. The van der Waals surface area contributed by atoms with Gasteiger partial charge in [-0.15, -0.1) is 0 Å². The van der Waals surface area contributed by atoms with Gasteiger partial charge >= 0.3 is 11.0 Å². The van der Waals surface area contributed by atoms with Gasteiger partial charge in [0.05, 0.1) is 10.5 Å². The van der Waals surface area contributed by atoms with Gasteiger partial charge in [0.25, 0.3) is 5.91 Å². The normalized spacial score (nSPS) is 12.8. The summed E-state index contributed by atoms with van der Waals surface area (Å²) in [7, 11) is 0. The van der Waals surface area contributed by atoms with E-state index in [9.17, 15) is 19.7 Å². The van der Waals surface area contributed by atoms with Crippen molar-refractivity contribution < 1.29 is 19.6 Å². The first-order valence-electron chi connectivity index (χ1n) is 5.39. The van der Waals surface area contributed by atoms with Gasteiger partial charge in [0.2, 0.25) is 0 Å². The molecule has 0 fully saturated rings. The number of amides is 1. The molecule has 0 aliphatic heterocycles. The van der Waals surface area contributed by atoms with Crippen molar-refractivity contribution in [2.45, 2.75) is 26.8 Å². The Kier molecular flexibility index (Phi) is 4.25. The second kappa shape index (κ2) is 5.35. The Labute approximate surface area is 113 Å². The second-order valence-corrected chi connectivity index (χ2v) is 5.93. The molecule has 104 valence electrons. The van der Waals surface area contributed by atoms with Crippen LogP contribution in [0.25, 0.3) is 0 Å². The maximum Gasteiger partial charge on any atom is 0.326 e. The van der Waals surface area contributed by atoms with Crippen LogP contribution in [0.3, 0.4) is 0 Å². The van der Waals surface area contributed by atoms with E-state index in [0.29, 0.717) is 0 Å². The van der Waals surface area contributed by atoms with Crippen LogP contribution in [0.4, 0.5) is 5.00 Å². The molecular formula is C11H14N2O5S. The Bertz CT molecular complexity index is 517. The van der Waals surface area contributed by atoms with E-state index in [4.69, 9.17) is 5.11 Å². The maximum absolute atomic E-state index is 11.9. The molecule has 0 radical (unpaired) electrons. The third kappa shape index (κ3) is 3.75. The maximum atomic E-state index is 11.9. The van der Waals surface area contributed by atoms with Crippen molar-refractivity contribution in [3.63, 3.8) is 0 Å². The molecule has 0 saturated carbocycles. The molecule has 0 bridgehead atoms. The molecule has 0 spiro atoms. The van der Waals surface area contributed by atoms with Crippen molar-refractivity contribution in [2.75, 3.05) is 0 Å². The number of rotatable bonds is 4. The number of aliphatic carboxylic acids is 1. The fourth-order valence-corrected chi connectivity index (χ4v) is 2.11. The molecule has 1 amide bonds. The van der Waals surface area contributed by atoms with Crippen LogP contribution in [0.2, 0.25) is 0 Å². The molecule has 0 aliphatic carbocycles. The monoisotopic (exact) mass is 286 g/mol. The number of hydrogen-bond donors (Lipinski definition) is 2. The van der Waals surface area contributed by atoms with Gasteiger partial charge in [-0.05, 0) is 5.41 Å². The Balaban J connectivity index is 2.88. The van der Waals surface area contributed by atoms with Crippen molar-refractivity contribution >= 4 is 28.2 Å². The van der Waals surface area contributed by atoms with Crippen molar-refractivity contribution in [1.82, 2.24) is 5.32 Å². The summed E-state index contributed by atoms with van der Waals surface area (Å²) in [6.45, 7) is 5.05. The number of nitrogens with one attached hydrogen (secondary N) is 1. The van der Waals surface area contributed by atoms with Gasteiger partial charge in [0.1, 0.15) is 6.04 Å². The van der Waals surface area contributed by atoms with Gasteiger partial charge < -0.3 is 10.4 Å². The van der Waals surface area contributed by atoms with E-state index in [1.54, 1.807) is 20.8 Å². The quantitative estimate of drug-likeness (QED) is 0.648. The zero-order chi connectivity index (χ0) is 14.8. The van der Waals surface area contributed by atoms with Crippen molar-refractivity contribution in [1.29, 1.82) is 0 Å². The van der Waals surface area contributed by atoms with E-state index in [1.807, 2.05) is 0 Å². The topological polar surface area (TPSA) is 110 Å². The van der Waals surface area contributed by atoms with Crippen LogP contribution in [0.1, 0.15) is 31.1 Å². The molecule has 0 saturated heterocycles. The predicted octanol–water partition coefficient (Wildman–Crippen LogP) is 1.89. The number of nitro groups is 1. The van der Waals surface area contributed by atoms with E-state index < -0.39 is 28.3 Å². The molecule has 2 N–H and O–H groups in total. The molecule has 19 heavy (non-hydrogen) atoms. The predicted molar refractivity (Wildman–Crippen MR) is 69.3 cm³/mol. The third-order valence-corrected chi connectivity index (χ3v) is 3.30. The highest BCUT2D eigenvalue weighted by atomic mass is 32.1. The van der Waals surface area contributed by atoms with Crippen molar-refractivity contribution in [3.8, 4) is 0 Å². The smallest absolute Gasteiger partial charge is 0.326 e. The summed E-state index contributed by atoms with van der Waals surface area (Å²) in [6.07, 6.45) is 0. The molecule has 1 aromatic rings. The van der Waals surface area contributed by atoms with Crippen LogP contribution in [0, 0.1) is 15.5 Å². The van der Waals surface area contributed by atoms with Crippen LogP contribution in [-0.2, 0) is 4.79 Å². The van der Waals surface area contributed by atoms with Gasteiger partial charge in [-0.25, -0.2) is 4.79 Å². The fourth-order valence-electron chi connectivity index (χ4n) is 1.40. The van der Waals surface area contributed by atoms with Crippen molar-refractivity contribution in [3.05, 3.63) is 27.1 Å². The number of hydrogen-bond acceptors (Lipinski definition) is 5. The van der Waals surface area contributed by atoms with Gasteiger partial charge in [0.15, 0.2) is 0 Å². The van der Waals surface area contributed by atoms with Gasteiger partial charge in [-0.1, -0.05) is 32.1 Å². The third-order valence-electron chi connectivity index (χ3n) is 2.42. The number of thiophene rings is 1. The van der Waals surface area contributed by atoms with Crippen molar-refractivity contribution in [2.24, 2.45) is 5.41 Å². The Morgan fingerprint density at radius 1 is 1.47 bits per heavy atom. The Morgan fingerprint density at radius 2 is 2.05 bits per heavy atom. The van der Waals surface area contributed by atoms with Gasteiger partial charge in [-0.3, -0.25) is 14.9 Å². The lowest BCUT2D eigenvalue weighted by atomic mass is 9.86. The largest absolute Gasteiger partial charge is 0.480 e.